The number of aryl methyl sites for hydroxylation is 1. The summed E-state index contributed by atoms with van der Waals surface area (Å²) in [5, 5.41) is 13.6. The molecule has 0 saturated heterocycles. The number of carbonyl (C=O) groups is 1. The third-order valence-corrected chi connectivity index (χ3v) is 4.54. The fourth-order valence-corrected chi connectivity index (χ4v) is 3.05. The molecule has 1 amide bonds. The molecule has 0 unspecified atom stereocenters. The Morgan fingerprint density at radius 3 is 2.58 bits per heavy atom. The molecule has 31 heavy (non-hydrogen) atoms. The summed E-state index contributed by atoms with van der Waals surface area (Å²) in [4.78, 5) is 16.4. The number of aromatic nitrogens is 2. The summed E-state index contributed by atoms with van der Waals surface area (Å²) in [6.45, 7) is 1.65. The standard InChI is InChI=1S/C23H28N6O.HI/c1-24-23(25-13-6-11-19-8-3-2-4-9-19)26-17-20-10-5-12-21(16-20)28-22(30)18-29-15-7-14-27-29;/h2-5,7-10,12,14-16H,6,11,13,17-18H2,1H3,(H,28,30)(H2,24,25,26);1H. The zero-order chi connectivity index (χ0) is 21.0. The summed E-state index contributed by atoms with van der Waals surface area (Å²) >= 11 is 0. The van der Waals surface area contributed by atoms with Crippen molar-refractivity contribution in [3.63, 3.8) is 0 Å². The fourth-order valence-electron chi connectivity index (χ4n) is 3.05. The lowest BCUT2D eigenvalue weighted by molar-refractivity contribution is -0.116. The van der Waals surface area contributed by atoms with Crippen molar-refractivity contribution >= 4 is 41.5 Å². The number of aliphatic imine (C=N–C) groups is 1. The molecule has 2 aromatic carbocycles. The number of amides is 1. The molecule has 7 nitrogen and oxygen atoms in total. The molecule has 3 aromatic rings. The SMILES string of the molecule is CN=C(NCCCc1ccccc1)NCc1cccc(NC(=O)Cn2cccn2)c1.I. The Labute approximate surface area is 200 Å². The van der Waals surface area contributed by atoms with Crippen LogP contribution in [0, 0.1) is 0 Å². The maximum Gasteiger partial charge on any atom is 0.246 e. The number of nitrogens with one attached hydrogen (secondary N) is 3. The summed E-state index contributed by atoms with van der Waals surface area (Å²) in [5.74, 6) is 0.649. The minimum absolute atomic E-state index is 0. The number of guanidine groups is 1. The maximum atomic E-state index is 12.1. The van der Waals surface area contributed by atoms with Gasteiger partial charge in [0.15, 0.2) is 5.96 Å². The minimum atomic E-state index is -0.111. The van der Waals surface area contributed by atoms with Gasteiger partial charge in [0, 0.05) is 38.2 Å². The molecule has 0 aliphatic heterocycles. The summed E-state index contributed by atoms with van der Waals surface area (Å²) in [7, 11) is 1.76. The number of nitrogens with zero attached hydrogens (tertiary/aromatic N) is 3. The van der Waals surface area contributed by atoms with Crippen LogP contribution in [0.4, 0.5) is 5.69 Å². The van der Waals surface area contributed by atoms with E-state index in [2.05, 4.69) is 50.3 Å². The van der Waals surface area contributed by atoms with E-state index in [1.54, 1.807) is 30.2 Å². The van der Waals surface area contributed by atoms with Crippen LogP contribution in [0.5, 0.6) is 0 Å². The molecule has 164 valence electrons. The first-order valence-electron chi connectivity index (χ1n) is 10.1. The van der Waals surface area contributed by atoms with Gasteiger partial charge in [0.25, 0.3) is 0 Å². The minimum Gasteiger partial charge on any atom is -0.356 e. The number of anilines is 1. The normalized spacial score (nSPS) is 10.8. The van der Waals surface area contributed by atoms with Crippen molar-refractivity contribution in [3.05, 3.63) is 84.2 Å². The first-order chi connectivity index (χ1) is 14.7. The van der Waals surface area contributed by atoms with Gasteiger partial charge in [-0.15, -0.1) is 24.0 Å². The highest BCUT2D eigenvalue weighted by atomic mass is 127. The van der Waals surface area contributed by atoms with Crippen molar-refractivity contribution in [2.24, 2.45) is 4.99 Å². The molecule has 3 N–H and O–H groups in total. The number of benzene rings is 2. The van der Waals surface area contributed by atoms with Crippen LogP contribution in [0.25, 0.3) is 0 Å². The second-order valence-electron chi connectivity index (χ2n) is 6.89. The van der Waals surface area contributed by atoms with Crippen LogP contribution in [-0.4, -0.2) is 35.2 Å². The zero-order valence-electron chi connectivity index (χ0n) is 17.6. The number of rotatable bonds is 9. The predicted molar refractivity (Wildman–Crippen MR) is 136 cm³/mol. The third kappa shape index (κ3) is 8.79. The first-order valence-corrected chi connectivity index (χ1v) is 10.1. The zero-order valence-corrected chi connectivity index (χ0v) is 20.0. The molecule has 0 saturated carbocycles. The second-order valence-corrected chi connectivity index (χ2v) is 6.89. The van der Waals surface area contributed by atoms with E-state index in [9.17, 15) is 4.79 Å². The Morgan fingerprint density at radius 2 is 1.84 bits per heavy atom. The van der Waals surface area contributed by atoms with Crippen LogP contribution in [-0.2, 0) is 24.3 Å². The molecular formula is C23H29IN6O. The molecule has 0 spiro atoms. The van der Waals surface area contributed by atoms with Gasteiger partial charge in [0.2, 0.25) is 5.91 Å². The third-order valence-electron chi connectivity index (χ3n) is 4.54. The van der Waals surface area contributed by atoms with Crippen LogP contribution in [0.1, 0.15) is 17.5 Å². The van der Waals surface area contributed by atoms with Crippen molar-refractivity contribution in [3.8, 4) is 0 Å². The number of hydrogen-bond acceptors (Lipinski definition) is 3. The highest BCUT2D eigenvalue weighted by Gasteiger charge is 2.05. The van der Waals surface area contributed by atoms with Crippen LogP contribution >= 0.6 is 24.0 Å². The first kappa shape index (κ1) is 24.4. The average molecular weight is 532 g/mol. The van der Waals surface area contributed by atoms with Crippen LogP contribution in [0.3, 0.4) is 0 Å². The van der Waals surface area contributed by atoms with E-state index in [1.165, 1.54) is 5.56 Å². The molecule has 0 fully saturated rings. The molecule has 0 radical (unpaired) electrons. The topological polar surface area (TPSA) is 83.3 Å². The largest absolute Gasteiger partial charge is 0.356 e. The van der Waals surface area contributed by atoms with Crippen LogP contribution < -0.4 is 16.0 Å². The van der Waals surface area contributed by atoms with Gasteiger partial charge in [-0.25, -0.2) is 0 Å². The molecule has 1 aromatic heterocycles. The van der Waals surface area contributed by atoms with Gasteiger partial charge in [-0.1, -0.05) is 42.5 Å². The predicted octanol–water partition coefficient (Wildman–Crippen LogP) is 3.44. The Kier molecular flexibility index (Phi) is 10.6. The fraction of sp³-hybridized carbons (Fsp3) is 0.261. The van der Waals surface area contributed by atoms with Crippen molar-refractivity contribution < 1.29 is 4.79 Å². The molecule has 0 atom stereocenters. The van der Waals surface area contributed by atoms with E-state index in [0.717, 1.165) is 36.6 Å². The Morgan fingerprint density at radius 1 is 1.03 bits per heavy atom. The van der Waals surface area contributed by atoms with Crippen molar-refractivity contribution in [1.29, 1.82) is 0 Å². The molecule has 1 heterocycles. The van der Waals surface area contributed by atoms with E-state index in [4.69, 9.17) is 0 Å². The van der Waals surface area contributed by atoms with Crippen LogP contribution in [0.15, 0.2) is 78.0 Å². The number of hydrogen-bond donors (Lipinski definition) is 3. The van der Waals surface area contributed by atoms with Gasteiger partial charge in [-0.2, -0.15) is 5.10 Å². The quantitative estimate of drug-likeness (QED) is 0.171. The van der Waals surface area contributed by atoms with E-state index in [1.807, 2.05) is 30.3 Å². The second kappa shape index (κ2) is 13.4. The summed E-state index contributed by atoms with van der Waals surface area (Å²) in [6.07, 6.45) is 5.48. The summed E-state index contributed by atoms with van der Waals surface area (Å²) in [6, 6.07) is 20.0. The van der Waals surface area contributed by atoms with Gasteiger partial charge in [0.05, 0.1) is 0 Å². The molecule has 0 bridgehead atoms. The summed E-state index contributed by atoms with van der Waals surface area (Å²) in [5.41, 5.74) is 3.16. The van der Waals surface area contributed by atoms with Gasteiger partial charge in [0.1, 0.15) is 6.54 Å². The number of carbonyl (C=O) groups excluding carboxylic acids is 1. The van der Waals surface area contributed by atoms with E-state index < -0.39 is 0 Å². The monoisotopic (exact) mass is 532 g/mol. The van der Waals surface area contributed by atoms with Gasteiger partial charge in [-0.3, -0.25) is 14.5 Å². The Hall–Kier alpha value is -2.88. The van der Waals surface area contributed by atoms with Crippen molar-refractivity contribution in [2.45, 2.75) is 25.9 Å². The molecule has 0 aliphatic rings. The van der Waals surface area contributed by atoms with Crippen molar-refractivity contribution in [1.82, 2.24) is 20.4 Å². The molecule has 3 rings (SSSR count). The van der Waals surface area contributed by atoms with E-state index >= 15 is 0 Å². The summed E-state index contributed by atoms with van der Waals surface area (Å²) < 4.78 is 1.59. The molecular weight excluding hydrogens is 503 g/mol. The Bertz CT molecular complexity index is 944. The maximum absolute atomic E-state index is 12.1. The average Bonchev–Trinajstić information content (AvgIpc) is 3.27. The van der Waals surface area contributed by atoms with E-state index in [0.29, 0.717) is 6.54 Å². The Balaban J connectivity index is 0.00000341. The lowest BCUT2D eigenvalue weighted by Gasteiger charge is -2.13. The van der Waals surface area contributed by atoms with Gasteiger partial charge >= 0.3 is 0 Å². The van der Waals surface area contributed by atoms with Crippen LogP contribution in [0.2, 0.25) is 0 Å². The molecule has 8 heteroatoms. The smallest absolute Gasteiger partial charge is 0.246 e. The van der Waals surface area contributed by atoms with Crippen molar-refractivity contribution in [2.75, 3.05) is 18.9 Å². The van der Waals surface area contributed by atoms with Gasteiger partial charge in [-0.05, 0) is 42.2 Å². The lowest BCUT2D eigenvalue weighted by atomic mass is 10.1. The highest BCUT2D eigenvalue weighted by Crippen LogP contribution is 2.10. The highest BCUT2D eigenvalue weighted by molar-refractivity contribution is 14.0. The molecule has 0 aliphatic carbocycles. The number of halogens is 1. The van der Waals surface area contributed by atoms with E-state index in [-0.39, 0.29) is 36.4 Å². The lowest BCUT2D eigenvalue weighted by Crippen LogP contribution is -2.37. The van der Waals surface area contributed by atoms with Gasteiger partial charge < -0.3 is 16.0 Å².